The van der Waals surface area contributed by atoms with E-state index in [4.69, 9.17) is 15.2 Å². The lowest BCUT2D eigenvalue weighted by molar-refractivity contribution is -0.116. The van der Waals surface area contributed by atoms with Gasteiger partial charge in [-0.2, -0.15) is 0 Å². The second-order valence-electron chi connectivity index (χ2n) is 4.51. The Morgan fingerprint density at radius 3 is 2.50 bits per heavy atom. The number of carbonyl (C=O) groups excluding carboxylic acids is 1. The molecule has 0 unspecified atom stereocenters. The second kappa shape index (κ2) is 10.4. The van der Waals surface area contributed by atoms with Crippen LogP contribution < -0.4 is 11.1 Å². The molecule has 0 spiro atoms. The van der Waals surface area contributed by atoms with Gasteiger partial charge in [-0.1, -0.05) is 12.1 Å². The highest BCUT2D eigenvalue weighted by Crippen LogP contribution is 2.09. The van der Waals surface area contributed by atoms with Crippen LogP contribution in [0.25, 0.3) is 0 Å². The molecular formula is C15H24N2O3. The molecule has 0 radical (unpaired) electrons. The Labute approximate surface area is 120 Å². The molecule has 0 atom stereocenters. The van der Waals surface area contributed by atoms with E-state index < -0.39 is 0 Å². The van der Waals surface area contributed by atoms with Crippen LogP contribution in [0, 0.1) is 0 Å². The smallest absolute Gasteiger partial charge is 0.224 e. The lowest BCUT2D eigenvalue weighted by Crippen LogP contribution is -2.12. The van der Waals surface area contributed by atoms with Crippen molar-refractivity contribution in [2.24, 2.45) is 5.73 Å². The Balaban J connectivity index is 2.10. The Bertz CT molecular complexity index is 379. The lowest BCUT2D eigenvalue weighted by atomic mass is 10.2. The first-order chi connectivity index (χ1) is 9.76. The van der Waals surface area contributed by atoms with Crippen LogP contribution in [0.3, 0.4) is 0 Å². The molecule has 1 aromatic carbocycles. The van der Waals surface area contributed by atoms with Gasteiger partial charge in [0.2, 0.25) is 5.91 Å². The van der Waals surface area contributed by atoms with E-state index in [1.165, 1.54) is 0 Å². The molecule has 0 aliphatic rings. The van der Waals surface area contributed by atoms with Crippen molar-refractivity contribution in [2.45, 2.75) is 25.8 Å². The van der Waals surface area contributed by atoms with Gasteiger partial charge in [-0.05, 0) is 30.5 Å². The summed E-state index contributed by atoms with van der Waals surface area (Å²) in [6.07, 6.45) is 2.07. The normalized spacial score (nSPS) is 10.5. The summed E-state index contributed by atoms with van der Waals surface area (Å²) in [5, 5.41) is 2.85. The van der Waals surface area contributed by atoms with E-state index in [-0.39, 0.29) is 5.91 Å². The van der Waals surface area contributed by atoms with Gasteiger partial charge in [0, 0.05) is 45.6 Å². The van der Waals surface area contributed by atoms with Crippen LogP contribution in [0.1, 0.15) is 24.8 Å². The van der Waals surface area contributed by atoms with Crippen LogP contribution in [-0.4, -0.2) is 32.8 Å². The quantitative estimate of drug-likeness (QED) is 0.642. The number of hydrogen-bond acceptors (Lipinski definition) is 4. The van der Waals surface area contributed by atoms with Gasteiger partial charge in [0.25, 0.3) is 0 Å². The zero-order chi connectivity index (χ0) is 14.6. The molecule has 0 bridgehead atoms. The highest BCUT2D eigenvalue weighted by Gasteiger charge is 2.02. The summed E-state index contributed by atoms with van der Waals surface area (Å²) >= 11 is 0. The van der Waals surface area contributed by atoms with Gasteiger partial charge in [-0.25, -0.2) is 0 Å². The maximum Gasteiger partial charge on any atom is 0.224 e. The van der Waals surface area contributed by atoms with Gasteiger partial charge in [0.05, 0.1) is 0 Å². The van der Waals surface area contributed by atoms with Crippen molar-refractivity contribution in [3.8, 4) is 0 Å². The Kier molecular flexibility index (Phi) is 8.62. The highest BCUT2D eigenvalue weighted by molar-refractivity contribution is 5.90. The molecule has 0 aliphatic heterocycles. The van der Waals surface area contributed by atoms with E-state index in [9.17, 15) is 4.79 Å². The van der Waals surface area contributed by atoms with Gasteiger partial charge in [0.1, 0.15) is 0 Å². The summed E-state index contributed by atoms with van der Waals surface area (Å²) in [6, 6.07) is 7.55. The van der Waals surface area contributed by atoms with Gasteiger partial charge in [0.15, 0.2) is 0 Å². The highest BCUT2D eigenvalue weighted by atomic mass is 16.5. The zero-order valence-corrected chi connectivity index (χ0v) is 12.1. The number of ether oxygens (including phenoxy) is 2. The molecule has 0 aromatic heterocycles. The number of anilines is 1. The topological polar surface area (TPSA) is 73.6 Å². The SMILES string of the molecule is COCCCOCCCC(=O)Nc1ccc(CN)cc1. The molecule has 0 aliphatic carbocycles. The average Bonchev–Trinajstić information content (AvgIpc) is 2.47. The number of amides is 1. The molecule has 5 nitrogen and oxygen atoms in total. The summed E-state index contributed by atoms with van der Waals surface area (Å²) in [7, 11) is 1.67. The summed E-state index contributed by atoms with van der Waals surface area (Å²) in [5.74, 6) is 0.00555. The van der Waals surface area contributed by atoms with E-state index in [0.29, 0.717) is 32.8 Å². The first kappa shape index (κ1) is 16.6. The fourth-order valence-electron chi connectivity index (χ4n) is 1.69. The van der Waals surface area contributed by atoms with Crippen molar-refractivity contribution in [3.05, 3.63) is 29.8 Å². The molecule has 0 fully saturated rings. The maximum absolute atomic E-state index is 11.7. The minimum absolute atomic E-state index is 0.00555. The molecule has 20 heavy (non-hydrogen) atoms. The molecule has 0 saturated heterocycles. The van der Waals surface area contributed by atoms with Crippen molar-refractivity contribution >= 4 is 11.6 Å². The van der Waals surface area contributed by atoms with Gasteiger partial charge < -0.3 is 20.5 Å². The number of rotatable bonds is 10. The van der Waals surface area contributed by atoms with Crippen molar-refractivity contribution in [3.63, 3.8) is 0 Å². The fourth-order valence-corrected chi connectivity index (χ4v) is 1.69. The largest absolute Gasteiger partial charge is 0.385 e. The summed E-state index contributed by atoms with van der Waals surface area (Å²) in [6.45, 7) is 2.49. The first-order valence-electron chi connectivity index (χ1n) is 6.92. The van der Waals surface area contributed by atoms with Gasteiger partial charge in [-0.3, -0.25) is 4.79 Å². The van der Waals surface area contributed by atoms with Crippen LogP contribution in [0.5, 0.6) is 0 Å². The van der Waals surface area contributed by atoms with Gasteiger partial charge in [-0.15, -0.1) is 0 Å². The number of carbonyl (C=O) groups is 1. The van der Waals surface area contributed by atoms with Crippen molar-refractivity contribution in [1.82, 2.24) is 0 Å². The Morgan fingerprint density at radius 2 is 1.85 bits per heavy atom. The molecule has 1 amide bonds. The molecule has 1 aromatic rings. The fraction of sp³-hybridized carbons (Fsp3) is 0.533. The third kappa shape index (κ3) is 7.23. The number of nitrogens with two attached hydrogens (primary N) is 1. The summed E-state index contributed by atoms with van der Waals surface area (Å²) in [4.78, 5) is 11.7. The number of nitrogens with one attached hydrogen (secondary N) is 1. The molecule has 0 heterocycles. The molecule has 5 heteroatoms. The lowest BCUT2D eigenvalue weighted by Gasteiger charge is -2.06. The predicted molar refractivity (Wildman–Crippen MR) is 79.5 cm³/mol. The van der Waals surface area contributed by atoms with Crippen molar-refractivity contribution in [2.75, 3.05) is 32.2 Å². The number of hydrogen-bond donors (Lipinski definition) is 2. The summed E-state index contributed by atoms with van der Waals surface area (Å²) < 4.78 is 10.3. The summed E-state index contributed by atoms with van der Waals surface area (Å²) in [5.41, 5.74) is 7.36. The third-order valence-corrected chi connectivity index (χ3v) is 2.80. The second-order valence-corrected chi connectivity index (χ2v) is 4.51. The van der Waals surface area contributed by atoms with Crippen LogP contribution in [-0.2, 0) is 20.8 Å². The van der Waals surface area contributed by atoms with Gasteiger partial charge >= 0.3 is 0 Å². The van der Waals surface area contributed by atoms with Crippen LogP contribution in [0.4, 0.5) is 5.69 Å². The average molecular weight is 280 g/mol. The van der Waals surface area contributed by atoms with E-state index in [1.54, 1.807) is 7.11 Å². The van der Waals surface area contributed by atoms with Crippen molar-refractivity contribution < 1.29 is 14.3 Å². The number of benzene rings is 1. The molecule has 3 N–H and O–H groups in total. The monoisotopic (exact) mass is 280 g/mol. The van der Waals surface area contributed by atoms with Crippen LogP contribution in [0.2, 0.25) is 0 Å². The third-order valence-electron chi connectivity index (χ3n) is 2.80. The predicted octanol–water partition coefficient (Wildman–Crippen LogP) is 1.92. The standard InChI is InChI=1S/C15H24N2O3/c1-19-9-3-11-20-10-2-4-15(18)17-14-7-5-13(12-16)6-8-14/h5-8H,2-4,9-12,16H2,1H3,(H,17,18). The molecule has 112 valence electrons. The minimum Gasteiger partial charge on any atom is -0.385 e. The number of methoxy groups -OCH3 is 1. The van der Waals surface area contributed by atoms with Crippen LogP contribution in [0.15, 0.2) is 24.3 Å². The van der Waals surface area contributed by atoms with E-state index in [2.05, 4.69) is 5.32 Å². The minimum atomic E-state index is 0.00555. The first-order valence-corrected chi connectivity index (χ1v) is 6.92. The maximum atomic E-state index is 11.7. The molecule has 0 saturated carbocycles. The van der Waals surface area contributed by atoms with Crippen LogP contribution >= 0.6 is 0 Å². The van der Waals surface area contributed by atoms with E-state index in [0.717, 1.165) is 24.1 Å². The molecule has 1 rings (SSSR count). The van der Waals surface area contributed by atoms with E-state index >= 15 is 0 Å². The zero-order valence-electron chi connectivity index (χ0n) is 12.1. The Morgan fingerprint density at radius 1 is 1.15 bits per heavy atom. The Hall–Kier alpha value is -1.43. The molecular weight excluding hydrogens is 256 g/mol. The van der Waals surface area contributed by atoms with Crippen molar-refractivity contribution in [1.29, 1.82) is 0 Å². The van der Waals surface area contributed by atoms with E-state index in [1.807, 2.05) is 24.3 Å².